The number of anilines is 1. The third-order valence-corrected chi connectivity index (χ3v) is 5.19. The number of pyridine rings is 1. The highest BCUT2D eigenvalue weighted by Gasteiger charge is 2.36. The number of esters is 1. The zero-order chi connectivity index (χ0) is 22.1. The van der Waals surface area contributed by atoms with Gasteiger partial charge in [-0.1, -0.05) is 12.1 Å². The Kier molecular flexibility index (Phi) is 5.17. The van der Waals surface area contributed by atoms with Crippen molar-refractivity contribution in [1.29, 1.82) is 5.26 Å². The number of aromatic amines is 1. The van der Waals surface area contributed by atoms with Gasteiger partial charge in [-0.25, -0.2) is 4.79 Å². The van der Waals surface area contributed by atoms with E-state index >= 15 is 0 Å². The first kappa shape index (κ1) is 20.2. The van der Waals surface area contributed by atoms with Crippen molar-refractivity contribution in [2.75, 3.05) is 11.9 Å². The molecule has 2 N–H and O–H groups in total. The number of aryl methyl sites for hydroxylation is 1. The summed E-state index contributed by atoms with van der Waals surface area (Å²) >= 11 is 0. The van der Waals surface area contributed by atoms with E-state index in [2.05, 4.69) is 10.3 Å². The van der Waals surface area contributed by atoms with E-state index < -0.39 is 11.9 Å². The van der Waals surface area contributed by atoms with Gasteiger partial charge in [-0.2, -0.15) is 5.26 Å². The van der Waals surface area contributed by atoms with Crippen LogP contribution in [0, 0.1) is 18.3 Å². The highest BCUT2D eigenvalue weighted by molar-refractivity contribution is 5.96. The lowest BCUT2D eigenvalue weighted by atomic mass is 9.80. The average Bonchev–Trinajstić information content (AvgIpc) is 2.72. The standard InChI is InChI=1S/C23H19N3O5/c1-12-11-17(27)14-5-3-6-15(21(14)31-12)19-18(23(29)30-10-4-8-24)13(2)26-16-7-9-25-22(28)20(16)19/h3,5-7,9,11,19,26H,4,10H2,1-2H3,(H,25,28). The lowest BCUT2D eigenvalue weighted by Crippen LogP contribution is -2.30. The Labute approximate surface area is 176 Å². The molecule has 1 unspecified atom stereocenters. The van der Waals surface area contributed by atoms with Gasteiger partial charge in [0.1, 0.15) is 18.0 Å². The van der Waals surface area contributed by atoms with Gasteiger partial charge in [0.2, 0.25) is 0 Å². The number of aromatic nitrogens is 1. The molecule has 0 aliphatic carbocycles. The zero-order valence-corrected chi connectivity index (χ0v) is 16.9. The Morgan fingerprint density at radius 3 is 2.84 bits per heavy atom. The number of allylic oxidation sites excluding steroid dienone is 1. The molecule has 31 heavy (non-hydrogen) atoms. The molecule has 0 saturated carbocycles. The van der Waals surface area contributed by atoms with Crippen LogP contribution in [0.2, 0.25) is 0 Å². The van der Waals surface area contributed by atoms with Crippen LogP contribution in [-0.4, -0.2) is 17.6 Å². The normalized spacial score (nSPS) is 15.2. The Morgan fingerprint density at radius 2 is 2.06 bits per heavy atom. The molecule has 1 aliphatic rings. The molecule has 8 heteroatoms. The second kappa shape index (κ2) is 7.95. The monoisotopic (exact) mass is 417 g/mol. The average molecular weight is 417 g/mol. The summed E-state index contributed by atoms with van der Waals surface area (Å²) in [5.41, 5.74) is 1.82. The SMILES string of the molecule is CC1=C(C(=O)OCCC#N)C(c2cccc3c(=O)cc(C)oc23)c2c(cc[nH]c2=O)N1. The number of fused-ring (bicyclic) bond motifs is 2. The number of carbonyl (C=O) groups is 1. The van der Waals surface area contributed by atoms with Crippen molar-refractivity contribution < 1.29 is 13.9 Å². The van der Waals surface area contributed by atoms with Crippen molar-refractivity contribution in [3.05, 3.63) is 85.3 Å². The van der Waals surface area contributed by atoms with Gasteiger partial charge >= 0.3 is 5.97 Å². The Balaban J connectivity index is 2.00. The number of nitrogens with zero attached hydrogens (tertiary/aromatic N) is 1. The van der Waals surface area contributed by atoms with Crippen molar-refractivity contribution >= 4 is 22.6 Å². The first-order valence-corrected chi connectivity index (χ1v) is 9.69. The summed E-state index contributed by atoms with van der Waals surface area (Å²) < 4.78 is 11.2. The van der Waals surface area contributed by atoms with Gasteiger partial charge in [-0.15, -0.1) is 0 Å². The molecule has 4 rings (SSSR count). The van der Waals surface area contributed by atoms with E-state index in [1.54, 1.807) is 38.1 Å². The number of carbonyl (C=O) groups excluding carboxylic acids is 1. The zero-order valence-electron chi connectivity index (χ0n) is 16.9. The topological polar surface area (TPSA) is 125 Å². The third kappa shape index (κ3) is 3.51. The van der Waals surface area contributed by atoms with Gasteiger partial charge in [0.15, 0.2) is 5.43 Å². The van der Waals surface area contributed by atoms with Gasteiger partial charge < -0.3 is 19.5 Å². The maximum absolute atomic E-state index is 13.0. The van der Waals surface area contributed by atoms with E-state index in [-0.39, 0.29) is 29.6 Å². The quantitative estimate of drug-likeness (QED) is 0.493. The minimum atomic E-state index is -0.829. The molecular weight excluding hydrogens is 398 g/mol. The van der Waals surface area contributed by atoms with Crippen molar-refractivity contribution in [2.24, 2.45) is 0 Å². The van der Waals surface area contributed by atoms with Gasteiger partial charge in [-0.3, -0.25) is 9.59 Å². The minimum absolute atomic E-state index is 0.0513. The van der Waals surface area contributed by atoms with Gasteiger partial charge in [0.05, 0.1) is 34.9 Å². The van der Waals surface area contributed by atoms with Crippen LogP contribution < -0.4 is 16.3 Å². The van der Waals surface area contributed by atoms with E-state index in [1.165, 1.54) is 12.3 Å². The third-order valence-electron chi connectivity index (χ3n) is 5.19. The summed E-state index contributed by atoms with van der Waals surface area (Å²) in [7, 11) is 0. The Bertz CT molecular complexity index is 1390. The number of hydrogen-bond acceptors (Lipinski definition) is 7. The lowest BCUT2D eigenvalue weighted by molar-refractivity contribution is -0.139. The number of nitrogens with one attached hydrogen (secondary N) is 2. The molecule has 3 heterocycles. The lowest BCUT2D eigenvalue weighted by Gasteiger charge is -2.29. The summed E-state index contributed by atoms with van der Waals surface area (Å²) in [5, 5.41) is 12.2. The molecule has 1 aromatic carbocycles. The van der Waals surface area contributed by atoms with E-state index in [1.807, 2.05) is 6.07 Å². The van der Waals surface area contributed by atoms with Crippen LogP contribution >= 0.6 is 0 Å². The highest BCUT2D eigenvalue weighted by Crippen LogP contribution is 2.42. The van der Waals surface area contributed by atoms with Crippen LogP contribution in [0.15, 0.2) is 61.8 Å². The summed E-state index contributed by atoms with van der Waals surface area (Å²) in [6.07, 6.45) is 1.57. The van der Waals surface area contributed by atoms with Crippen molar-refractivity contribution in [1.82, 2.24) is 4.98 Å². The minimum Gasteiger partial charge on any atom is -0.461 e. The first-order chi connectivity index (χ1) is 14.9. The van der Waals surface area contributed by atoms with E-state index in [0.717, 1.165) is 0 Å². The molecule has 1 atom stereocenters. The second-order valence-corrected chi connectivity index (χ2v) is 7.22. The van der Waals surface area contributed by atoms with Crippen molar-refractivity contribution in [3.63, 3.8) is 0 Å². The summed E-state index contributed by atoms with van der Waals surface area (Å²) in [4.78, 5) is 41.0. The van der Waals surface area contributed by atoms with Crippen LogP contribution in [0.25, 0.3) is 11.0 Å². The van der Waals surface area contributed by atoms with Crippen LogP contribution in [-0.2, 0) is 9.53 Å². The van der Waals surface area contributed by atoms with Crippen molar-refractivity contribution in [3.8, 4) is 6.07 Å². The van der Waals surface area contributed by atoms with Gasteiger partial charge in [0, 0.05) is 29.2 Å². The molecule has 2 aromatic heterocycles. The predicted molar refractivity (Wildman–Crippen MR) is 114 cm³/mol. The highest BCUT2D eigenvalue weighted by atomic mass is 16.5. The number of H-pyrrole nitrogens is 1. The molecule has 0 bridgehead atoms. The van der Waals surface area contributed by atoms with Gasteiger partial charge in [-0.05, 0) is 26.0 Å². The van der Waals surface area contributed by atoms with Crippen LogP contribution in [0.4, 0.5) is 5.69 Å². The smallest absolute Gasteiger partial charge is 0.336 e. The summed E-state index contributed by atoms with van der Waals surface area (Å²) in [6.45, 7) is 3.31. The molecular formula is C23H19N3O5. The largest absolute Gasteiger partial charge is 0.461 e. The summed E-state index contributed by atoms with van der Waals surface area (Å²) in [6, 6.07) is 10.1. The Hall–Kier alpha value is -4.12. The number of para-hydroxylation sites is 1. The molecule has 8 nitrogen and oxygen atoms in total. The van der Waals surface area contributed by atoms with Crippen molar-refractivity contribution in [2.45, 2.75) is 26.2 Å². The van der Waals surface area contributed by atoms with E-state index in [4.69, 9.17) is 14.4 Å². The maximum atomic E-state index is 13.0. The molecule has 156 valence electrons. The summed E-state index contributed by atoms with van der Waals surface area (Å²) in [5.74, 6) is -1.06. The van der Waals surface area contributed by atoms with E-state index in [0.29, 0.717) is 39.2 Å². The second-order valence-electron chi connectivity index (χ2n) is 7.22. The van der Waals surface area contributed by atoms with Gasteiger partial charge in [0.25, 0.3) is 5.56 Å². The number of benzene rings is 1. The van der Waals surface area contributed by atoms with Crippen LogP contribution in [0.5, 0.6) is 0 Å². The molecule has 0 fully saturated rings. The molecule has 0 saturated heterocycles. The molecule has 1 aliphatic heterocycles. The van der Waals surface area contributed by atoms with Crippen LogP contribution in [0.3, 0.4) is 0 Å². The predicted octanol–water partition coefficient (Wildman–Crippen LogP) is 3.08. The van der Waals surface area contributed by atoms with Crippen LogP contribution in [0.1, 0.15) is 36.1 Å². The Morgan fingerprint density at radius 1 is 1.26 bits per heavy atom. The first-order valence-electron chi connectivity index (χ1n) is 9.69. The fraction of sp³-hybridized carbons (Fsp3) is 0.217. The number of ether oxygens (including phenoxy) is 1. The number of nitriles is 1. The fourth-order valence-corrected chi connectivity index (χ4v) is 3.91. The van der Waals surface area contributed by atoms with E-state index in [9.17, 15) is 14.4 Å². The number of hydrogen-bond donors (Lipinski definition) is 2. The maximum Gasteiger partial charge on any atom is 0.336 e. The number of rotatable bonds is 4. The molecule has 0 radical (unpaired) electrons. The molecule has 0 amide bonds. The molecule has 0 spiro atoms. The fourth-order valence-electron chi connectivity index (χ4n) is 3.91. The molecule has 3 aromatic rings.